The zero-order valence-electron chi connectivity index (χ0n) is 15.3. The standard InChI is InChI=1S/C20H15N3O5S2/c24-20-19(21-22-29(25,26)15-9-3-1-4-10-15)17-13-7-8-14-18(17)23(20)30(27,28)16-11-5-2-6-12-16/h1-14,24H. The Morgan fingerprint density at radius 3 is 1.87 bits per heavy atom. The zero-order chi connectivity index (χ0) is 21.4. The van der Waals surface area contributed by atoms with Gasteiger partial charge in [-0.3, -0.25) is 0 Å². The summed E-state index contributed by atoms with van der Waals surface area (Å²) >= 11 is 0. The first-order valence-corrected chi connectivity index (χ1v) is 11.6. The maximum atomic E-state index is 13.1. The number of para-hydroxylation sites is 1. The van der Waals surface area contributed by atoms with Crippen LogP contribution < -0.4 is 0 Å². The average molecular weight is 441 g/mol. The van der Waals surface area contributed by atoms with Crippen LogP contribution in [0, 0.1) is 0 Å². The highest BCUT2D eigenvalue weighted by atomic mass is 32.2. The Bertz CT molecular complexity index is 1460. The minimum Gasteiger partial charge on any atom is -0.492 e. The van der Waals surface area contributed by atoms with Crippen molar-refractivity contribution in [2.75, 3.05) is 0 Å². The van der Waals surface area contributed by atoms with Crippen LogP contribution in [0.5, 0.6) is 5.88 Å². The van der Waals surface area contributed by atoms with Gasteiger partial charge in [0.05, 0.1) is 15.3 Å². The van der Waals surface area contributed by atoms with E-state index in [0.29, 0.717) is 0 Å². The second-order valence-corrected chi connectivity index (χ2v) is 9.61. The highest BCUT2D eigenvalue weighted by Gasteiger charge is 2.27. The van der Waals surface area contributed by atoms with Crippen molar-refractivity contribution in [3.63, 3.8) is 0 Å². The first-order chi connectivity index (χ1) is 14.3. The second kappa shape index (κ2) is 7.39. The van der Waals surface area contributed by atoms with Gasteiger partial charge in [-0.15, -0.1) is 5.11 Å². The molecule has 0 amide bonds. The Kier molecular flexibility index (Phi) is 4.88. The quantitative estimate of drug-likeness (QED) is 0.469. The van der Waals surface area contributed by atoms with Crippen LogP contribution in [0.15, 0.2) is 104 Å². The van der Waals surface area contributed by atoms with E-state index in [0.717, 1.165) is 3.97 Å². The minimum atomic E-state index is -4.17. The summed E-state index contributed by atoms with van der Waals surface area (Å²) in [4.78, 5) is -0.115. The molecule has 0 aliphatic heterocycles. The SMILES string of the molecule is O=S(=O)(N=Nc1c(O)n(S(=O)(=O)c2ccccc2)c2ccccc12)c1ccccc1. The molecule has 1 heterocycles. The van der Waals surface area contributed by atoms with Gasteiger partial charge in [-0.2, -0.15) is 8.42 Å². The summed E-state index contributed by atoms with van der Waals surface area (Å²) in [5, 5.41) is 14.7. The van der Waals surface area contributed by atoms with Gasteiger partial charge in [0.15, 0.2) is 5.69 Å². The van der Waals surface area contributed by atoms with Crippen LogP contribution in [0.25, 0.3) is 10.9 Å². The first kappa shape index (κ1) is 19.8. The van der Waals surface area contributed by atoms with E-state index < -0.39 is 25.9 Å². The molecule has 0 spiro atoms. The molecular weight excluding hydrogens is 426 g/mol. The van der Waals surface area contributed by atoms with Gasteiger partial charge in [0.1, 0.15) is 0 Å². The highest BCUT2D eigenvalue weighted by Crippen LogP contribution is 2.41. The molecule has 152 valence electrons. The highest BCUT2D eigenvalue weighted by molar-refractivity contribution is 7.90. The molecule has 0 aliphatic carbocycles. The van der Waals surface area contributed by atoms with Crippen molar-refractivity contribution >= 4 is 36.6 Å². The van der Waals surface area contributed by atoms with Gasteiger partial charge in [-0.05, 0) is 30.3 Å². The monoisotopic (exact) mass is 441 g/mol. The fourth-order valence-corrected chi connectivity index (χ4v) is 5.18. The maximum Gasteiger partial charge on any atom is 0.299 e. The number of aromatic nitrogens is 1. The van der Waals surface area contributed by atoms with E-state index in [4.69, 9.17) is 0 Å². The lowest BCUT2D eigenvalue weighted by atomic mass is 10.2. The summed E-state index contributed by atoms with van der Waals surface area (Å²) in [5.41, 5.74) is -0.116. The lowest BCUT2D eigenvalue weighted by Gasteiger charge is -2.08. The van der Waals surface area contributed by atoms with Crippen LogP contribution in [-0.2, 0) is 20.0 Å². The zero-order valence-corrected chi connectivity index (χ0v) is 17.0. The molecule has 1 N–H and O–H groups in total. The largest absolute Gasteiger partial charge is 0.492 e. The van der Waals surface area contributed by atoms with Gasteiger partial charge >= 0.3 is 0 Å². The number of hydrogen-bond acceptors (Lipinski definition) is 6. The molecule has 4 rings (SSSR count). The van der Waals surface area contributed by atoms with Crippen LogP contribution in [-0.4, -0.2) is 25.9 Å². The molecule has 0 atom stereocenters. The average Bonchev–Trinajstić information content (AvgIpc) is 3.05. The molecule has 0 saturated carbocycles. The summed E-state index contributed by atoms with van der Waals surface area (Å²) in [6, 6.07) is 21.2. The van der Waals surface area contributed by atoms with Crippen molar-refractivity contribution in [2.45, 2.75) is 9.79 Å². The lowest BCUT2D eigenvalue weighted by Crippen LogP contribution is -2.12. The number of nitrogens with zero attached hydrogens (tertiary/aromatic N) is 3. The topological polar surface area (TPSA) is 118 Å². The number of hydrogen-bond donors (Lipinski definition) is 1. The van der Waals surface area contributed by atoms with Gasteiger partial charge in [-0.25, -0.2) is 12.4 Å². The normalized spacial score (nSPS) is 12.5. The molecule has 1 aromatic heterocycles. The smallest absolute Gasteiger partial charge is 0.299 e. The van der Waals surface area contributed by atoms with Crippen LogP contribution in [0.2, 0.25) is 0 Å². The third-order valence-electron chi connectivity index (χ3n) is 4.35. The van der Waals surface area contributed by atoms with Crippen molar-refractivity contribution in [1.82, 2.24) is 3.97 Å². The van der Waals surface area contributed by atoms with Crippen molar-refractivity contribution in [3.8, 4) is 5.88 Å². The van der Waals surface area contributed by atoms with Gasteiger partial charge in [0, 0.05) is 5.39 Å². The molecule has 0 saturated heterocycles. The van der Waals surface area contributed by atoms with Crippen molar-refractivity contribution in [3.05, 3.63) is 84.9 Å². The molecule has 0 radical (unpaired) electrons. The van der Waals surface area contributed by atoms with Gasteiger partial charge in [0.25, 0.3) is 20.0 Å². The molecular formula is C20H15N3O5S2. The first-order valence-electron chi connectivity index (χ1n) is 8.68. The summed E-state index contributed by atoms with van der Waals surface area (Å²) in [6.45, 7) is 0. The molecule has 0 bridgehead atoms. The third-order valence-corrected chi connectivity index (χ3v) is 7.24. The van der Waals surface area contributed by atoms with Crippen molar-refractivity contribution < 1.29 is 21.9 Å². The number of sulfonamides is 1. The molecule has 8 nitrogen and oxygen atoms in total. The molecule has 10 heteroatoms. The Labute approximate surface area is 172 Å². The van der Waals surface area contributed by atoms with E-state index >= 15 is 0 Å². The predicted octanol–water partition coefficient (Wildman–Crippen LogP) is 4.06. The van der Waals surface area contributed by atoms with E-state index in [1.54, 1.807) is 36.4 Å². The van der Waals surface area contributed by atoms with Gasteiger partial charge in [-0.1, -0.05) is 59.1 Å². The molecule has 0 aliphatic rings. The summed E-state index contributed by atoms with van der Waals surface area (Å²) < 4.78 is 55.2. The molecule has 30 heavy (non-hydrogen) atoms. The molecule has 0 fully saturated rings. The molecule has 3 aromatic carbocycles. The summed E-state index contributed by atoms with van der Waals surface area (Å²) in [7, 11) is -8.30. The van der Waals surface area contributed by atoms with Crippen LogP contribution in [0.4, 0.5) is 5.69 Å². The van der Waals surface area contributed by atoms with E-state index in [1.165, 1.54) is 48.5 Å². The van der Waals surface area contributed by atoms with Crippen LogP contribution >= 0.6 is 0 Å². The maximum absolute atomic E-state index is 13.1. The molecule has 4 aromatic rings. The number of rotatable bonds is 5. The lowest BCUT2D eigenvalue weighted by molar-refractivity contribution is 0.448. The van der Waals surface area contributed by atoms with E-state index in [9.17, 15) is 21.9 Å². The van der Waals surface area contributed by atoms with E-state index in [-0.39, 0.29) is 26.4 Å². The third kappa shape index (κ3) is 3.36. The fourth-order valence-electron chi connectivity index (χ4n) is 2.96. The number of benzene rings is 3. The number of fused-ring (bicyclic) bond motifs is 1. The summed E-state index contributed by atoms with van der Waals surface area (Å²) in [6.07, 6.45) is 0. The van der Waals surface area contributed by atoms with Crippen molar-refractivity contribution in [2.24, 2.45) is 9.63 Å². The van der Waals surface area contributed by atoms with Gasteiger partial charge in [0.2, 0.25) is 5.88 Å². The Morgan fingerprint density at radius 2 is 1.23 bits per heavy atom. The predicted molar refractivity (Wildman–Crippen MR) is 111 cm³/mol. The number of aromatic hydroxyl groups is 1. The fraction of sp³-hybridized carbons (Fsp3) is 0. The van der Waals surface area contributed by atoms with E-state index in [1.807, 2.05) is 0 Å². The second-order valence-electron chi connectivity index (χ2n) is 6.24. The Morgan fingerprint density at radius 1 is 0.700 bits per heavy atom. The van der Waals surface area contributed by atoms with E-state index in [2.05, 4.69) is 9.63 Å². The Balaban J connectivity index is 1.91. The Hall–Kier alpha value is -3.50. The van der Waals surface area contributed by atoms with Gasteiger partial charge < -0.3 is 5.11 Å². The van der Waals surface area contributed by atoms with Crippen LogP contribution in [0.1, 0.15) is 0 Å². The summed E-state index contributed by atoms with van der Waals surface area (Å²) in [5.74, 6) is -0.730. The molecule has 0 unspecified atom stereocenters. The minimum absolute atomic E-state index is 0.0403. The van der Waals surface area contributed by atoms with Crippen LogP contribution in [0.3, 0.4) is 0 Å². The van der Waals surface area contributed by atoms with Crippen molar-refractivity contribution in [1.29, 1.82) is 0 Å².